The second-order valence-electron chi connectivity index (χ2n) is 4.40. The highest BCUT2D eigenvalue weighted by molar-refractivity contribution is 5.85. The number of carbonyl (C=O) groups is 1. The van der Waals surface area contributed by atoms with Crippen LogP contribution in [0.5, 0.6) is 0 Å². The van der Waals surface area contributed by atoms with Gasteiger partial charge >= 0.3 is 5.97 Å². The smallest absolute Gasteiger partial charge is 0.328 e. The van der Waals surface area contributed by atoms with Crippen molar-refractivity contribution in [3.05, 3.63) is 59.9 Å². The van der Waals surface area contributed by atoms with Crippen LogP contribution in [0.1, 0.15) is 5.56 Å². The molecule has 6 heteroatoms. The number of halogens is 1. The standard InChI is InChI=1S/C15H10FN3O2/c16-11-7-10(5-6-15(20)21)8-12(9-11)19-14-4-2-1-3-13(14)17-18-19/h1-9H,(H,20,21)/b6-5+. The minimum atomic E-state index is -1.09. The van der Waals surface area contributed by atoms with E-state index in [0.29, 0.717) is 16.8 Å². The summed E-state index contributed by atoms with van der Waals surface area (Å²) in [5.74, 6) is -1.57. The Bertz CT molecular complexity index is 855. The number of carboxylic acid groups (broad SMARTS) is 1. The number of aromatic nitrogens is 3. The third-order valence-corrected chi connectivity index (χ3v) is 2.92. The molecule has 0 unspecified atom stereocenters. The quantitative estimate of drug-likeness (QED) is 0.750. The Balaban J connectivity index is 2.12. The largest absolute Gasteiger partial charge is 0.478 e. The molecule has 0 amide bonds. The fourth-order valence-electron chi connectivity index (χ4n) is 2.04. The summed E-state index contributed by atoms with van der Waals surface area (Å²) in [6, 6.07) is 11.5. The van der Waals surface area contributed by atoms with Crippen molar-refractivity contribution in [2.45, 2.75) is 0 Å². The molecule has 1 heterocycles. The van der Waals surface area contributed by atoms with Gasteiger partial charge in [-0.2, -0.15) is 0 Å². The maximum Gasteiger partial charge on any atom is 0.328 e. The molecule has 5 nitrogen and oxygen atoms in total. The highest BCUT2D eigenvalue weighted by atomic mass is 19.1. The molecule has 21 heavy (non-hydrogen) atoms. The van der Waals surface area contributed by atoms with Crippen molar-refractivity contribution in [2.75, 3.05) is 0 Å². The molecule has 3 aromatic rings. The Morgan fingerprint density at radius 1 is 1.24 bits per heavy atom. The van der Waals surface area contributed by atoms with Gasteiger partial charge in [0.15, 0.2) is 0 Å². The second-order valence-corrected chi connectivity index (χ2v) is 4.40. The first-order chi connectivity index (χ1) is 10.1. The predicted octanol–water partition coefficient (Wildman–Crippen LogP) is 2.66. The van der Waals surface area contributed by atoms with E-state index >= 15 is 0 Å². The van der Waals surface area contributed by atoms with Crippen LogP contribution in [0.15, 0.2) is 48.5 Å². The van der Waals surface area contributed by atoms with E-state index in [9.17, 15) is 9.18 Å². The zero-order chi connectivity index (χ0) is 14.8. The van der Waals surface area contributed by atoms with Crippen LogP contribution in [0.25, 0.3) is 22.8 Å². The average Bonchev–Trinajstić information content (AvgIpc) is 2.88. The zero-order valence-corrected chi connectivity index (χ0v) is 10.8. The third kappa shape index (κ3) is 2.64. The fraction of sp³-hybridized carbons (Fsp3) is 0. The van der Waals surface area contributed by atoms with Crippen LogP contribution < -0.4 is 0 Å². The first kappa shape index (κ1) is 13.0. The topological polar surface area (TPSA) is 68.0 Å². The van der Waals surface area contributed by atoms with Crippen molar-refractivity contribution < 1.29 is 14.3 Å². The van der Waals surface area contributed by atoms with E-state index in [-0.39, 0.29) is 0 Å². The van der Waals surface area contributed by atoms with E-state index in [1.165, 1.54) is 22.9 Å². The summed E-state index contributed by atoms with van der Waals surface area (Å²) in [4.78, 5) is 10.5. The van der Waals surface area contributed by atoms with Gasteiger partial charge in [0.25, 0.3) is 0 Å². The fourth-order valence-corrected chi connectivity index (χ4v) is 2.04. The van der Waals surface area contributed by atoms with E-state index in [4.69, 9.17) is 5.11 Å². The Hall–Kier alpha value is -3.02. The highest BCUT2D eigenvalue weighted by Gasteiger charge is 2.07. The third-order valence-electron chi connectivity index (χ3n) is 2.92. The summed E-state index contributed by atoms with van der Waals surface area (Å²) in [5.41, 5.74) is 2.36. The number of hydrogen-bond donors (Lipinski definition) is 1. The van der Waals surface area contributed by atoms with Gasteiger partial charge in [0.1, 0.15) is 11.3 Å². The van der Waals surface area contributed by atoms with Crippen LogP contribution in [0, 0.1) is 5.82 Å². The molecule has 1 aromatic heterocycles. The van der Waals surface area contributed by atoms with Gasteiger partial charge in [0.2, 0.25) is 0 Å². The van der Waals surface area contributed by atoms with Gasteiger partial charge in [0.05, 0.1) is 11.2 Å². The molecule has 0 aliphatic heterocycles. The maximum absolute atomic E-state index is 13.7. The summed E-state index contributed by atoms with van der Waals surface area (Å²) in [7, 11) is 0. The second kappa shape index (κ2) is 5.16. The number of carboxylic acids is 1. The van der Waals surface area contributed by atoms with Crippen LogP contribution in [0.3, 0.4) is 0 Å². The Morgan fingerprint density at radius 3 is 2.86 bits per heavy atom. The summed E-state index contributed by atoms with van der Waals surface area (Å²) < 4.78 is 15.2. The lowest BCUT2D eigenvalue weighted by Crippen LogP contribution is -1.98. The Kier molecular flexibility index (Phi) is 3.19. The summed E-state index contributed by atoms with van der Waals surface area (Å²) in [6.45, 7) is 0. The molecule has 0 aliphatic rings. The van der Waals surface area contributed by atoms with Crippen molar-refractivity contribution in [1.29, 1.82) is 0 Å². The van der Waals surface area contributed by atoms with Crippen molar-refractivity contribution in [3.8, 4) is 5.69 Å². The van der Waals surface area contributed by atoms with Crippen molar-refractivity contribution in [3.63, 3.8) is 0 Å². The lowest BCUT2D eigenvalue weighted by Gasteiger charge is -2.04. The first-order valence-corrected chi connectivity index (χ1v) is 6.16. The normalized spacial score (nSPS) is 11.3. The summed E-state index contributed by atoms with van der Waals surface area (Å²) >= 11 is 0. The van der Waals surface area contributed by atoms with Crippen LogP contribution >= 0.6 is 0 Å². The SMILES string of the molecule is O=C(O)/C=C/c1cc(F)cc(-n2nnc3ccccc32)c1. The number of hydrogen-bond acceptors (Lipinski definition) is 3. The molecular formula is C15H10FN3O2. The zero-order valence-electron chi connectivity index (χ0n) is 10.8. The van der Waals surface area contributed by atoms with E-state index in [1.807, 2.05) is 24.3 Å². The number of para-hydroxylation sites is 1. The Morgan fingerprint density at radius 2 is 2.05 bits per heavy atom. The molecule has 2 aromatic carbocycles. The number of nitrogens with zero attached hydrogens (tertiary/aromatic N) is 3. The molecule has 0 spiro atoms. The molecule has 0 saturated heterocycles. The summed E-state index contributed by atoms with van der Waals surface area (Å²) in [5, 5.41) is 16.6. The van der Waals surface area contributed by atoms with Crippen molar-refractivity contribution >= 4 is 23.1 Å². The highest BCUT2D eigenvalue weighted by Crippen LogP contribution is 2.19. The first-order valence-electron chi connectivity index (χ1n) is 6.16. The lowest BCUT2D eigenvalue weighted by molar-refractivity contribution is -0.131. The van der Waals surface area contributed by atoms with Crippen LogP contribution in [-0.4, -0.2) is 26.1 Å². The van der Waals surface area contributed by atoms with Gasteiger partial charge < -0.3 is 5.11 Å². The Labute approximate surface area is 118 Å². The van der Waals surface area contributed by atoms with Crippen LogP contribution in [-0.2, 0) is 4.79 Å². The van der Waals surface area contributed by atoms with E-state index in [1.54, 1.807) is 6.07 Å². The molecule has 0 fully saturated rings. The minimum Gasteiger partial charge on any atom is -0.478 e. The minimum absolute atomic E-state index is 0.437. The number of rotatable bonds is 3. The van der Waals surface area contributed by atoms with Gasteiger partial charge in [-0.25, -0.2) is 13.9 Å². The molecule has 0 aliphatic carbocycles. The molecular weight excluding hydrogens is 273 g/mol. The van der Waals surface area contributed by atoms with Crippen molar-refractivity contribution in [1.82, 2.24) is 15.0 Å². The molecule has 0 bridgehead atoms. The van der Waals surface area contributed by atoms with E-state index in [2.05, 4.69) is 10.3 Å². The number of fused-ring (bicyclic) bond motifs is 1. The van der Waals surface area contributed by atoms with Crippen molar-refractivity contribution in [2.24, 2.45) is 0 Å². The van der Waals surface area contributed by atoms with Crippen LogP contribution in [0.2, 0.25) is 0 Å². The van der Waals surface area contributed by atoms with Gasteiger partial charge in [0, 0.05) is 6.08 Å². The van der Waals surface area contributed by atoms with Gasteiger partial charge in [-0.1, -0.05) is 17.3 Å². The van der Waals surface area contributed by atoms with Gasteiger partial charge in [-0.05, 0) is 42.0 Å². The molecule has 0 saturated carbocycles. The molecule has 3 rings (SSSR count). The predicted molar refractivity (Wildman–Crippen MR) is 75.5 cm³/mol. The number of benzene rings is 2. The average molecular weight is 283 g/mol. The lowest BCUT2D eigenvalue weighted by atomic mass is 10.1. The van der Waals surface area contributed by atoms with E-state index in [0.717, 1.165) is 11.6 Å². The molecule has 104 valence electrons. The van der Waals surface area contributed by atoms with Crippen LogP contribution in [0.4, 0.5) is 4.39 Å². The molecule has 0 radical (unpaired) electrons. The van der Waals surface area contributed by atoms with E-state index < -0.39 is 11.8 Å². The van der Waals surface area contributed by atoms with Gasteiger partial charge in [-0.3, -0.25) is 0 Å². The molecule has 0 atom stereocenters. The monoisotopic (exact) mass is 283 g/mol. The van der Waals surface area contributed by atoms with Gasteiger partial charge in [-0.15, -0.1) is 5.10 Å². The maximum atomic E-state index is 13.7. The number of aliphatic carboxylic acids is 1. The molecule has 1 N–H and O–H groups in total. The summed E-state index contributed by atoms with van der Waals surface area (Å²) in [6.07, 6.45) is 2.28.